The fraction of sp³-hybridized carbons (Fsp3) is 0.941. The van der Waals surface area contributed by atoms with Crippen LogP contribution in [0.5, 0.6) is 0 Å². The van der Waals surface area contributed by atoms with Gasteiger partial charge in [0.1, 0.15) is 5.60 Å². The Hall–Kier alpha value is -0.810. The quantitative estimate of drug-likeness (QED) is 0.846. The van der Waals surface area contributed by atoms with Crippen LogP contribution in [-0.2, 0) is 4.74 Å². The minimum absolute atomic E-state index is 0.165. The number of piperazine rings is 1. The third-order valence-corrected chi connectivity index (χ3v) is 4.74. The van der Waals surface area contributed by atoms with E-state index in [-0.39, 0.29) is 11.5 Å². The first-order chi connectivity index (χ1) is 10.3. The summed E-state index contributed by atoms with van der Waals surface area (Å²) in [4.78, 5) is 16.8. The van der Waals surface area contributed by atoms with Crippen LogP contribution in [0.15, 0.2) is 0 Å². The lowest BCUT2D eigenvalue weighted by Gasteiger charge is -2.48. The fourth-order valence-corrected chi connectivity index (χ4v) is 3.42. The Morgan fingerprint density at radius 2 is 1.91 bits per heavy atom. The summed E-state index contributed by atoms with van der Waals surface area (Å²) in [5.41, 5.74) is -0.139. The zero-order valence-corrected chi connectivity index (χ0v) is 14.8. The highest BCUT2D eigenvalue weighted by molar-refractivity contribution is 5.68. The molecule has 0 spiro atoms. The number of carbonyl (C=O) groups excluding carboxylic acids is 1. The number of amides is 1. The SMILES string of the molecule is CCN(CC1(CN2CCNCC2)CCC1)C(=O)OC(C)(C)C. The van der Waals surface area contributed by atoms with Crippen molar-refractivity contribution in [3.05, 3.63) is 0 Å². The minimum Gasteiger partial charge on any atom is -0.444 e. The Labute approximate surface area is 135 Å². The van der Waals surface area contributed by atoms with Gasteiger partial charge in [-0.25, -0.2) is 4.79 Å². The topological polar surface area (TPSA) is 44.8 Å². The smallest absolute Gasteiger partial charge is 0.410 e. The van der Waals surface area contributed by atoms with Gasteiger partial charge >= 0.3 is 6.09 Å². The second kappa shape index (κ2) is 7.18. The van der Waals surface area contributed by atoms with Gasteiger partial charge in [0, 0.05) is 51.2 Å². The van der Waals surface area contributed by atoms with E-state index in [1.165, 1.54) is 19.3 Å². The van der Waals surface area contributed by atoms with E-state index in [0.29, 0.717) is 0 Å². The Morgan fingerprint density at radius 1 is 1.27 bits per heavy atom. The molecule has 5 heteroatoms. The number of hydrogen-bond acceptors (Lipinski definition) is 4. The maximum atomic E-state index is 12.4. The molecule has 1 aliphatic carbocycles. The minimum atomic E-state index is -0.421. The average molecular weight is 311 g/mol. The lowest BCUT2D eigenvalue weighted by atomic mass is 9.68. The van der Waals surface area contributed by atoms with E-state index < -0.39 is 5.60 Å². The van der Waals surface area contributed by atoms with Crippen molar-refractivity contribution >= 4 is 6.09 Å². The van der Waals surface area contributed by atoms with E-state index in [1.54, 1.807) is 0 Å². The maximum Gasteiger partial charge on any atom is 0.410 e. The number of nitrogens with one attached hydrogen (secondary N) is 1. The molecule has 1 amide bonds. The Morgan fingerprint density at radius 3 is 2.36 bits per heavy atom. The molecule has 0 aromatic rings. The molecule has 0 aromatic carbocycles. The molecular formula is C17H33N3O2. The average Bonchev–Trinajstić information content (AvgIpc) is 2.40. The summed E-state index contributed by atoms with van der Waals surface area (Å²) < 4.78 is 5.56. The van der Waals surface area contributed by atoms with Crippen molar-refractivity contribution in [2.24, 2.45) is 5.41 Å². The third-order valence-electron chi connectivity index (χ3n) is 4.74. The highest BCUT2D eigenvalue weighted by Gasteiger charge is 2.41. The van der Waals surface area contributed by atoms with Crippen LogP contribution in [0.25, 0.3) is 0 Å². The lowest BCUT2D eigenvalue weighted by Crippen LogP contribution is -2.54. The molecule has 0 aromatic heterocycles. The first-order valence-electron chi connectivity index (χ1n) is 8.75. The third kappa shape index (κ3) is 4.85. The van der Waals surface area contributed by atoms with Gasteiger partial charge < -0.3 is 19.9 Å². The standard InChI is InChI=1S/C17H33N3O2/c1-5-20(15(21)22-16(2,3)4)14-17(7-6-8-17)13-19-11-9-18-10-12-19/h18H,5-14H2,1-4H3. The zero-order chi connectivity index (χ0) is 16.2. The van der Waals surface area contributed by atoms with Gasteiger partial charge in [-0.15, -0.1) is 0 Å². The molecule has 5 nitrogen and oxygen atoms in total. The molecule has 2 aliphatic rings. The number of nitrogens with zero attached hydrogens (tertiary/aromatic N) is 2. The molecular weight excluding hydrogens is 278 g/mol. The van der Waals surface area contributed by atoms with Crippen LogP contribution in [0.1, 0.15) is 47.0 Å². The van der Waals surface area contributed by atoms with Crippen molar-refractivity contribution in [3.8, 4) is 0 Å². The van der Waals surface area contributed by atoms with Crippen LogP contribution < -0.4 is 5.32 Å². The zero-order valence-electron chi connectivity index (χ0n) is 14.8. The molecule has 2 fully saturated rings. The van der Waals surface area contributed by atoms with E-state index in [2.05, 4.69) is 10.2 Å². The molecule has 1 saturated carbocycles. The second-order valence-corrected chi connectivity index (χ2v) is 7.87. The van der Waals surface area contributed by atoms with E-state index in [0.717, 1.165) is 45.8 Å². The lowest BCUT2D eigenvalue weighted by molar-refractivity contribution is -0.00690. The summed E-state index contributed by atoms with van der Waals surface area (Å²) in [7, 11) is 0. The largest absolute Gasteiger partial charge is 0.444 e. The highest BCUT2D eigenvalue weighted by atomic mass is 16.6. The molecule has 128 valence electrons. The van der Waals surface area contributed by atoms with Crippen LogP contribution in [-0.4, -0.2) is 67.3 Å². The molecule has 0 atom stereocenters. The van der Waals surface area contributed by atoms with Gasteiger partial charge in [0.2, 0.25) is 0 Å². The van der Waals surface area contributed by atoms with Gasteiger partial charge in [-0.2, -0.15) is 0 Å². The van der Waals surface area contributed by atoms with E-state index >= 15 is 0 Å². The van der Waals surface area contributed by atoms with Gasteiger partial charge in [-0.05, 0) is 40.5 Å². The first-order valence-corrected chi connectivity index (χ1v) is 8.75. The normalized spacial score (nSPS) is 22.0. The van der Waals surface area contributed by atoms with Crippen molar-refractivity contribution in [2.45, 2.75) is 52.6 Å². The Bertz CT molecular complexity index is 369. The maximum absolute atomic E-state index is 12.4. The van der Waals surface area contributed by atoms with Crippen molar-refractivity contribution in [1.82, 2.24) is 15.1 Å². The van der Waals surface area contributed by atoms with Gasteiger partial charge in [0.15, 0.2) is 0 Å². The van der Waals surface area contributed by atoms with Crippen LogP contribution in [0.4, 0.5) is 4.79 Å². The van der Waals surface area contributed by atoms with Crippen molar-refractivity contribution < 1.29 is 9.53 Å². The monoisotopic (exact) mass is 311 g/mol. The molecule has 2 rings (SSSR count). The van der Waals surface area contributed by atoms with Gasteiger partial charge in [-0.3, -0.25) is 0 Å². The van der Waals surface area contributed by atoms with Crippen molar-refractivity contribution in [3.63, 3.8) is 0 Å². The molecule has 0 bridgehead atoms. The van der Waals surface area contributed by atoms with Crippen LogP contribution >= 0.6 is 0 Å². The summed E-state index contributed by atoms with van der Waals surface area (Å²) in [5, 5.41) is 3.41. The fourth-order valence-electron chi connectivity index (χ4n) is 3.42. The summed E-state index contributed by atoms with van der Waals surface area (Å²) in [6.07, 6.45) is 3.59. The Balaban J connectivity index is 1.93. The van der Waals surface area contributed by atoms with Gasteiger partial charge in [0.25, 0.3) is 0 Å². The van der Waals surface area contributed by atoms with E-state index in [1.807, 2.05) is 32.6 Å². The highest BCUT2D eigenvalue weighted by Crippen LogP contribution is 2.42. The van der Waals surface area contributed by atoms with Crippen molar-refractivity contribution in [1.29, 1.82) is 0 Å². The summed E-state index contributed by atoms with van der Waals surface area (Å²) >= 11 is 0. The molecule has 1 saturated heterocycles. The van der Waals surface area contributed by atoms with Crippen molar-refractivity contribution in [2.75, 3.05) is 45.8 Å². The number of rotatable bonds is 5. The molecule has 0 radical (unpaired) electrons. The molecule has 22 heavy (non-hydrogen) atoms. The number of ether oxygens (including phenoxy) is 1. The summed E-state index contributed by atoms with van der Waals surface area (Å²) in [6.45, 7) is 14.9. The molecule has 1 heterocycles. The molecule has 1 N–H and O–H groups in total. The van der Waals surface area contributed by atoms with Gasteiger partial charge in [-0.1, -0.05) is 6.42 Å². The van der Waals surface area contributed by atoms with Crippen LogP contribution in [0.3, 0.4) is 0 Å². The second-order valence-electron chi connectivity index (χ2n) is 7.87. The van der Waals surface area contributed by atoms with E-state index in [9.17, 15) is 4.79 Å². The summed E-state index contributed by atoms with van der Waals surface area (Å²) in [5.74, 6) is 0. The van der Waals surface area contributed by atoms with Crippen LogP contribution in [0, 0.1) is 5.41 Å². The van der Waals surface area contributed by atoms with E-state index in [4.69, 9.17) is 4.74 Å². The summed E-state index contributed by atoms with van der Waals surface area (Å²) in [6, 6.07) is 0. The first kappa shape index (κ1) is 17.5. The predicted octanol–water partition coefficient (Wildman–Crippen LogP) is 2.32. The van der Waals surface area contributed by atoms with Crippen LogP contribution in [0.2, 0.25) is 0 Å². The molecule has 1 aliphatic heterocycles. The molecule has 0 unspecified atom stereocenters. The number of carbonyl (C=O) groups is 1. The Kier molecular flexibility index (Phi) is 5.72. The van der Waals surface area contributed by atoms with Gasteiger partial charge in [0.05, 0.1) is 0 Å². The predicted molar refractivity (Wildman–Crippen MR) is 89.1 cm³/mol. The number of hydrogen-bond donors (Lipinski definition) is 1.